The molecule has 1 heterocycles. The number of thiophene rings is 1. The molecule has 2 N–H and O–H groups in total. The number of nitrogens with one attached hydrogen (secondary N) is 1. The third-order valence-corrected chi connectivity index (χ3v) is 5.73. The third-order valence-electron chi connectivity index (χ3n) is 4.22. The summed E-state index contributed by atoms with van der Waals surface area (Å²) in [5.74, 6) is 0.657. The number of rotatable bonds is 4. The molecule has 1 aromatic rings. The summed E-state index contributed by atoms with van der Waals surface area (Å²) in [7, 11) is 0. The Kier molecular flexibility index (Phi) is 4.93. The van der Waals surface area contributed by atoms with Gasteiger partial charge in [-0.15, -0.1) is 11.3 Å². The van der Waals surface area contributed by atoms with E-state index >= 15 is 0 Å². The molecule has 2 nitrogen and oxygen atoms in total. The van der Waals surface area contributed by atoms with Gasteiger partial charge in [0.05, 0.1) is 5.60 Å². The summed E-state index contributed by atoms with van der Waals surface area (Å²) in [6.07, 6.45) is 4.31. The van der Waals surface area contributed by atoms with Gasteiger partial charge < -0.3 is 10.4 Å². The van der Waals surface area contributed by atoms with Crippen LogP contribution in [0.3, 0.4) is 0 Å². The molecule has 114 valence electrons. The van der Waals surface area contributed by atoms with Crippen molar-refractivity contribution in [2.24, 2.45) is 5.92 Å². The van der Waals surface area contributed by atoms with Crippen molar-refractivity contribution in [1.82, 2.24) is 5.32 Å². The van der Waals surface area contributed by atoms with E-state index in [1.807, 2.05) is 11.3 Å². The summed E-state index contributed by atoms with van der Waals surface area (Å²) in [5, 5.41) is 14.1. The highest BCUT2D eigenvalue weighted by atomic mass is 32.1. The van der Waals surface area contributed by atoms with Crippen LogP contribution in [-0.2, 0) is 12.0 Å². The lowest BCUT2D eigenvalue weighted by atomic mass is 9.79. The fraction of sp³-hybridized carbons (Fsp3) is 0.765. The fourth-order valence-corrected chi connectivity index (χ4v) is 4.12. The topological polar surface area (TPSA) is 32.3 Å². The molecule has 1 saturated carbocycles. The first-order valence-electron chi connectivity index (χ1n) is 7.81. The molecule has 1 fully saturated rings. The second-order valence-electron chi connectivity index (χ2n) is 7.55. The monoisotopic (exact) mass is 295 g/mol. The summed E-state index contributed by atoms with van der Waals surface area (Å²) in [6.45, 7) is 10.6. The van der Waals surface area contributed by atoms with Gasteiger partial charge in [0.15, 0.2) is 0 Å². The van der Waals surface area contributed by atoms with E-state index in [0.717, 1.165) is 32.4 Å². The van der Waals surface area contributed by atoms with Crippen LogP contribution in [0, 0.1) is 5.92 Å². The highest BCUT2D eigenvalue weighted by Crippen LogP contribution is 2.32. The first kappa shape index (κ1) is 16.0. The number of hydrogen-bond acceptors (Lipinski definition) is 3. The molecule has 0 bridgehead atoms. The summed E-state index contributed by atoms with van der Waals surface area (Å²) in [5.41, 5.74) is -0.248. The van der Waals surface area contributed by atoms with Crippen molar-refractivity contribution in [1.29, 1.82) is 0 Å². The molecule has 1 aliphatic rings. The van der Waals surface area contributed by atoms with Crippen molar-refractivity contribution in [3.8, 4) is 0 Å². The fourth-order valence-electron chi connectivity index (χ4n) is 3.09. The second kappa shape index (κ2) is 6.17. The maximum Gasteiger partial charge on any atom is 0.0774 e. The third kappa shape index (κ3) is 4.31. The van der Waals surface area contributed by atoms with Gasteiger partial charge >= 0.3 is 0 Å². The maximum atomic E-state index is 10.6. The Morgan fingerprint density at radius 3 is 2.75 bits per heavy atom. The lowest BCUT2D eigenvalue weighted by molar-refractivity contribution is -0.0118. The van der Waals surface area contributed by atoms with Crippen molar-refractivity contribution in [2.45, 2.75) is 70.9 Å². The van der Waals surface area contributed by atoms with Gasteiger partial charge in [-0.1, -0.05) is 40.5 Å². The van der Waals surface area contributed by atoms with E-state index in [1.165, 1.54) is 16.2 Å². The van der Waals surface area contributed by atoms with Gasteiger partial charge in [-0.05, 0) is 36.3 Å². The van der Waals surface area contributed by atoms with Crippen molar-refractivity contribution in [3.63, 3.8) is 0 Å². The normalized spacial score (nSPS) is 27.8. The molecule has 2 rings (SSSR count). The van der Waals surface area contributed by atoms with Crippen LogP contribution in [0.4, 0.5) is 0 Å². The largest absolute Gasteiger partial charge is 0.389 e. The van der Waals surface area contributed by atoms with Gasteiger partial charge in [-0.25, -0.2) is 0 Å². The van der Waals surface area contributed by atoms with Gasteiger partial charge in [0.25, 0.3) is 0 Å². The molecule has 0 aromatic carbocycles. The van der Waals surface area contributed by atoms with Crippen LogP contribution in [0.15, 0.2) is 12.1 Å². The predicted molar refractivity (Wildman–Crippen MR) is 87.3 cm³/mol. The molecular weight excluding hydrogens is 266 g/mol. The standard InChI is InChI=1S/C17H29NOS/c1-13-6-5-9-17(19,10-13)12-18-11-14-7-8-15(20-14)16(2,3)4/h7-8,13,18-19H,5-6,9-12H2,1-4H3. The Morgan fingerprint density at radius 2 is 2.15 bits per heavy atom. The van der Waals surface area contributed by atoms with E-state index < -0.39 is 5.60 Å². The maximum absolute atomic E-state index is 10.6. The minimum atomic E-state index is -0.484. The summed E-state index contributed by atoms with van der Waals surface area (Å²) >= 11 is 1.88. The van der Waals surface area contributed by atoms with E-state index in [2.05, 4.69) is 45.1 Å². The number of hydrogen-bond donors (Lipinski definition) is 2. The average molecular weight is 295 g/mol. The van der Waals surface area contributed by atoms with Crippen molar-refractivity contribution in [3.05, 3.63) is 21.9 Å². The molecule has 0 amide bonds. The lowest BCUT2D eigenvalue weighted by Crippen LogP contribution is -2.43. The van der Waals surface area contributed by atoms with Crippen LogP contribution in [0.25, 0.3) is 0 Å². The van der Waals surface area contributed by atoms with E-state index in [4.69, 9.17) is 0 Å². The smallest absolute Gasteiger partial charge is 0.0774 e. The second-order valence-corrected chi connectivity index (χ2v) is 8.71. The molecule has 0 saturated heterocycles. The zero-order valence-corrected chi connectivity index (χ0v) is 14.1. The highest BCUT2D eigenvalue weighted by Gasteiger charge is 2.32. The Labute approximate surface area is 127 Å². The molecule has 0 aliphatic heterocycles. The quantitative estimate of drug-likeness (QED) is 0.877. The zero-order chi connectivity index (χ0) is 14.8. The predicted octanol–water partition coefficient (Wildman–Crippen LogP) is 4.08. The number of aliphatic hydroxyl groups is 1. The zero-order valence-electron chi connectivity index (χ0n) is 13.3. The van der Waals surface area contributed by atoms with Gasteiger partial charge in [0.1, 0.15) is 0 Å². The van der Waals surface area contributed by atoms with Crippen molar-refractivity contribution < 1.29 is 5.11 Å². The molecule has 1 aromatic heterocycles. The molecule has 20 heavy (non-hydrogen) atoms. The van der Waals surface area contributed by atoms with Crippen LogP contribution < -0.4 is 5.32 Å². The minimum absolute atomic E-state index is 0.236. The minimum Gasteiger partial charge on any atom is -0.389 e. The van der Waals surface area contributed by atoms with Crippen LogP contribution in [-0.4, -0.2) is 17.3 Å². The van der Waals surface area contributed by atoms with Crippen LogP contribution in [0.2, 0.25) is 0 Å². The summed E-state index contributed by atoms with van der Waals surface area (Å²) in [6, 6.07) is 4.45. The molecule has 0 spiro atoms. The Bertz CT molecular complexity index is 434. The van der Waals surface area contributed by atoms with E-state index in [-0.39, 0.29) is 5.41 Å². The van der Waals surface area contributed by atoms with Gasteiger partial charge in [-0.3, -0.25) is 0 Å². The molecular formula is C17H29NOS. The molecule has 2 unspecified atom stereocenters. The molecule has 1 aliphatic carbocycles. The van der Waals surface area contributed by atoms with Crippen molar-refractivity contribution >= 4 is 11.3 Å². The SMILES string of the molecule is CC1CCCC(O)(CNCc2ccc(C(C)(C)C)s2)C1. The first-order chi connectivity index (χ1) is 9.28. The average Bonchev–Trinajstić information content (AvgIpc) is 2.76. The first-order valence-corrected chi connectivity index (χ1v) is 8.62. The molecule has 3 heteroatoms. The van der Waals surface area contributed by atoms with Crippen molar-refractivity contribution in [2.75, 3.05) is 6.54 Å². The van der Waals surface area contributed by atoms with Gasteiger partial charge in [0, 0.05) is 22.8 Å². The van der Waals surface area contributed by atoms with E-state index in [1.54, 1.807) is 0 Å². The Hall–Kier alpha value is -0.380. The highest BCUT2D eigenvalue weighted by molar-refractivity contribution is 7.12. The Morgan fingerprint density at radius 1 is 1.40 bits per heavy atom. The molecule has 2 atom stereocenters. The van der Waals surface area contributed by atoms with Crippen LogP contribution >= 0.6 is 11.3 Å². The summed E-state index contributed by atoms with van der Waals surface area (Å²) in [4.78, 5) is 2.79. The lowest BCUT2D eigenvalue weighted by Gasteiger charge is -2.35. The van der Waals surface area contributed by atoms with E-state index in [9.17, 15) is 5.11 Å². The summed E-state index contributed by atoms with van der Waals surface area (Å²) < 4.78 is 0. The molecule has 0 radical (unpaired) electrons. The van der Waals surface area contributed by atoms with Crippen LogP contribution in [0.5, 0.6) is 0 Å². The van der Waals surface area contributed by atoms with Gasteiger partial charge in [0.2, 0.25) is 0 Å². The van der Waals surface area contributed by atoms with Gasteiger partial charge in [-0.2, -0.15) is 0 Å². The van der Waals surface area contributed by atoms with Crippen LogP contribution in [0.1, 0.15) is 63.1 Å². The van der Waals surface area contributed by atoms with E-state index in [0.29, 0.717) is 5.92 Å². The Balaban J connectivity index is 1.82.